The van der Waals surface area contributed by atoms with E-state index in [0.29, 0.717) is 47.4 Å². The molecule has 10 heteroatoms. The monoisotopic (exact) mass is 473 g/mol. The second-order valence-corrected chi connectivity index (χ2v) is 8.88. The van der Waals surface area contributed by atoms with E-state index in [1.165, 1.54) is 0 Å². The third-order valence-electron chi connectivity index (χ3n) is 5.28. The Morgan fingerprint density at radius 2 is 2.22 bits per heavy atom. The SMILES string of the molecule is CSCC[C@H](NC(=O)c1ccc(N2CCOCC2=O)c(N)c1)c1nc2cc(Cl)ccc2[nH]1. The predicted octanol–water partition coefficient (Wildman–Crippen LogP) is 3.39. The lowest BCUT2D eigenvalue weighted by atomic mass is 10.1. The van der Waals surface area contributed by atoms with E-state index in [2.05, 4.69) is 15.3 Å². The summed E-state index contributed by atoms with van der Waals surface area (Å²) < 4.78 is 5.17. The molecule has 0 saturated carbocycles. The zero-order valence-electron chi connectivity index (χ0n) is 17.6. The number of thioether (sulfide) groups is 1. The first-order valence-corrected chi connectivity index (χ1v) is 12.0. The van der Waals surface area contributed by atoms with Gasteiger partial charge in [0.05, 0.1) is 35.1 Å². The summed E-state index contributed by atoms with van der Waals surface area (Å²) >= 11 is 7.77. The number of nitrogens with zero attached hydrogens (tertiary/aromatic N) is 2. The fourth-order valence-electron chi connectivity index (χ4n) is 3.63. The predicted molar refractivity (Wildman–Crippen MR) is 128 cm³/mol. The third-order valence-corrected chi connectivity index (χ3v) is 6.15. The van der Waals surface area contributed by atoms with Gasteiger partial charge < -0.3 is 25.7 Å². The number of benzene rings is 2. The molecule has 168 valence electrons. The standard InChI is InChI=1S/C22H24ClN5O3S/c1-32-9-6-17(21-25-16-4-3-14(23)11-18(16)26-21)27-22(30)13-2-5-19(15(24)10-13)28-7-8-31-12-20(28)29/h2-5,10-11,17H,6-9,12,24H2,1H3,(H,25,26)(H,27,30)/t17-/m0/s1. The molecular formula is C22H24ClN5O3S. The zero-order valence-corrected chi connectivity index (χ0v) is 19.1. The number of anilines is 2. The average molecular weight is 474 g/mol. The van der Waals surface area contributed by atoms with Crippen molar-refractivity contribution in [2.75, 3.05) is 42.4 Å². The minimum atomic E-state index is -0.303. The number of morpholine rings is 1. The first kappa shape index (κ1) is 22.4. The molecule has 3 aromatic rings. The summed E-state index contributed by atoms with van der Waals surface area (Å²) in [4.78, 5) is 34.6. The van der Waals surface area contributed by atoms with Gasteiger partial charge in [-0.05, 0) is 54.8 Å². The topological polar surface area (TPSA) is 113 Å². The van der Waals surface area contributed by atoms with Crippen LogP contribution in [0.3, 0.4) is 0 Å². The van der Waals surface area contributed by atoms with Crippen molar-refractivity contribution >= 4 is 57.6 Å². The Balaban J connectivity index is 1.55. The highest BCUT2D eigenvalue weighted by molar-refractivity contribution is 7.98. The number of hydrogen-bond acceptors (Lipinski definition) is 6. The number of H-pyrrole nitrogens is 1. The van der Waals surface area contributed by atoms with Gasteiger partial charge >= 0.3 is 0 Å². The molecule has 0 unspecified atom stereocenters. The number of aromatic nitrogens is 2. The largest absolute Gasteiger partial charge is 0.397 e. The fraction of sp³-hybridized carbons (Fsp3) is 0.318. The highest BCUT2D eigenvalue weighted by Gasteiger charge is 2.24. The van der Waals surface area contributed by atoms with E-state index in [0.717, 1.165) is 16.8 Å². The second-order valence-electron chi connectivity index (χ2n) is 7.46. The number of amides is 2. The molecule has 1 atom stereocenters. The molecular weight excluding hydrogens is 450 g/mol. The molecule has 2 amide bonds. The van der Waals surface area contributed by atoms with Gasteiger partial charge in [0.15, 0.2) is 0 Å². The highest BCUT2D eigenvalue weighted by Crippen LogP contribution is 2.27. The Labute approximate surface area is 194 Å². The van der Waals surface area contributed by atoms with Crippen LogP contribution in [0.1, 0.15) is 28.6 Å². The summed E-state index contributed by atoms with van der Waals surface area (Å²) in [5, 5.41) is 3.67. The van der Waals surface area contributed by atoms with Crippen LogP contribution in [0.5, 0.6) is 0 Å². The van der Waals surface area contributed by atoms with Crippen molar-refractivity contribution in [3.63, 3.8) is 0 Å². The lowest BCUT2D eigenvalue weighted by molar-refractivity contribution is -0.125. The maximum Gasteiger partial charge on any atom is 0.253 e. The van der Waals surface area contributed by atoms with Crippen LogP contribution in [0.15, 0.2) is 36.4 Å². The Bertz CT molecular complexity index is 1150. The Kier molecular flexibility index (Phi) is 6.88. The molecule has 1 fully saturated rings. The summed E-state index contributed by atoms with van der Waals surface area (Å²) in [5.74, 6) is 1.11. The first-order valence-electron chi connectivity index (χ1n) is 10.2. The lowest BCUT2D eigenvalue weighted by Crippen LogP contribution is -2.42. The number of nitrogens with one attached hydrogen (secondary N) is 2. The van der Waals surface area contributed by atoms with Crippen molar-refractivity contribution in [1.82, 2.24) is 15.3 Å². The van der Waals surface area contributed by atoms with Crippen LogP contribution in [0.2, 0.25) is 5.02 Å². The van der Waals surface area contributed by atoms with Gasteiger partial charge in [0, 0.05) is 17.1 Å². The average Bonchev–Trinajstić information content (AvgIpc) is 3.20. The number of ether oxygens (including phenoxy) is 1. The van der Waals surface area contributed by atoms with Crippen molar-refractivity contribution in [2.45, 2.75) is 12.5 Å². The minimum Gasteiger partial charge on any atom is -0.397 e. The van der Waals surface area contributed by atoms with Gasteiger partial charge in [0.2, 0.25) is 0 Å². The van der Waals surface area contributed by atoms with E-state index in [1.807, 2.05) is 12.3 Å². The van der Waals surface area contributed by atoms with Gasteiger partial charge in [-0.2, -0.15) is 11.8 Å². The number of rotatable bonds is 7. The van der Waals surface area contributed by atoms with Gasteiger partial charge in [0.1, 0.15) is 12.4 Å². The molecule has 1 aromatic heterocycles. The Hall–Kier alpha value is -2.75. The summed E-state index contributed by atoms with van der Waals surface area (Å²) in [6, 6.07) is 10.1. The van der Waals surface area contributed by atoms with E-state index in [-0.39, 0.29) is 24.5 Å². The van der Waals surface area contributed by atoms with Crippen molar-refractivity contribution in [1.29, 1.82) is 0 Å². The summed E-state index contributed by atoms with van der Waals surface area (Å²) in [5.41, 5.74) is 9.17. The number of carbonyl (C=O) groups is 2. The molecule has 0 bridgehead atoms. The number of halogens is 1. The molecule has 1 saturated heterocycles. The smallest absolute Gasteiger partial charge is 0.253 e. The number of nitrogen functional groups attached to an aromatic ring is 1. The van der Waals surface area contributed by atoms with Gasteiger partial charge in [-0.25, -0.2) is 4.98 Å². The molecule has 4 N–H and O–H groups in total. The Morgan fingerprint density at radius 1 is 1.38 bits per heavy atom. The quantitative estimate of drug-likeness (QED) is 0.453. The molecule has 0 aliphatic carbocycles. The molecule has 2 heterocycles. The fourth-order valence-corrected chi connectivity index (χ4v) is 4.27. The van der Waals surface area contributed by atoms with Crippen LogP contribution in [-0.4, -0.2) is 53.5 Å². The third kappa shape index (κ3) is 4.85. The number of hydrogen-bond donors (Lipinski definition) is 3. The zero-order chi connectivity index (χ0) is 22.7. The molecule has 0 spiro atoms. The molecule has 1 aliphatic rings. The molecule has 2 aromatic carbocycles. The van der Waals surface area contributed by atoms with Crippen molar-refractivity contribution in [2.24, 2.45) is 0 Å². The van der Waals surface area contributed by atoms with E-state index in [4.69, 9.17) is 22.1 Å². The van der Waals surface area contributed by atoms with Crippen LogP contribution in [0, 0.1) is 0 Å². The van der Waals surface area contributed by atoms with Crippen LogP contribution in [-0.2, 0) is 9.53 Å². The minimum absolute atomic E-state index is 0.0293. The number of carbonyl (C=O) groups excluding carboxylic acids is 2. The Morgan fingerprint density at radius 3 is 2.97 bits per heavy atom. The van der Waals surface area contributed by atoms with E-state index in [1.54, 1.807) is 47.0 Å². The lowest BCUT2D eigenvalue weighted by Gasteiger charge is -2.28. The van der Waals surface area contributed by atoms with Crippen LogP contribution >= 0.6 is 23.4 Å². The van der Waals surface area contributed by atoms with Crippen molar-refractivity contribution in [3.8, 4) is 0 Å². The molecule has 0 radical (unpaired) electrons. The molecule has 8 nitrogen and oxygen atoms in total. The molecule has 1 aliphatic heterocycles. The van der Waals surface area contributed by atoms with Crippen LogP contribution in [0.4, 0.5) is 11.4 Å². The summed E-state index contributed by atoms with van der Waals surface area (Å²) in [6.07, 6.45) is 2.72. The van der Waals surface area contributed by atoms with Crippen LogP contribution < -0.4 is 16.0 Å². The number of aromatic amines is 1. The molecule has 32 heavy (non-hydrogen) atoms. The summed E-state index contributed by atoms with van der Waals surface area (Å²) in [7, 11) is 0. The number of fused-ring (bicyclic) bond motifs is 1. The van der Waals surface area contributed by atoms with Gasteiger partial charge in [-0.1, -0.05) is 11.6 Å². The number of imidazole rings is 1. The van der Waals surface area contributed by atoms with E-state index >= 15 is 0 Å². The second kappa shape index (κ2) is 9.81. The summed E-state index contributed by atoms with van der Waals surface area (Å²) in [6.45, 7) is 0.913. The first-order chi connectivity index (χ1) is 15.5. The van der Waals surface area contributed by atoms with Crippen LogP contribution in [0.25, 0.3) is 11.0 Å². The maximum atomic E-state index is 13.0. The molecule has 4 rings (SSSR count). The van der Waals surface area contributed by atoms with E-state index < -0.39 is 0 Å². The van der Waals surface area contributed by atoms with Gasteiger partial charge in [-0.3, -0.25) is 9.59 Å². The maximum absolute atomic E-state index is 13.0. The van der Waals surface area contributed by atoms with Gasteiger partial charge in [-0.15, -0.1) is 0 Å². The van der Waals surface area contributed by atoms with E-state index in [9.17, 15) is 9.59 Å². The number of nitrogens with two attached hydrogens (primary N) is 1. The highest BCUT2D eigenvalue weighted by atomic mass is 35.5. The normalized spacial score (nSPS) is 15.2. The van der Waals surface area contributed by atoms with Crippen molar-refractivity contribution < 1.29 is 14.3 Å². The van der Waals surface area contributed by atoms with Gasteiger partial charge in [0.25, 0.3) is 11.8 Å². The van der Waals surface area contributed by atoms with Crippen molar-refractivity contribution in [3.05, 3.63) is 52.8 Å².